The number of hydrogen-bond donors (Lipinski definition) is 0. The number of aromatic nitrogens is 1. The molecule has 152 valence electrons. The number of benzene rings is 2. The van der Waals surface area contributed by atoms with Crippen molar-refractivity contribution in [3.63, 3.8) is 0 Å². The molecule has 2 nitrogen and oxygen atoms in total. The number of nitrogens with zero attached hydrogens (tertiary/aromatic N) is 2. The minimum absolute atomic E-state index is 0.376. The molecule has 3 aromatic rings. The van der Waals surface area contributed by atoms with Crippen LogP contribution in [0.2, 0.25) is 0 Å². The first-order valence-corrected chi connectivity index (χ1v) is 11.2. The van der Waals surface area contributed by atoms with Crippen LogP contribution in [0.15, 0.2) is 73.6 Å². The van der Waals surface area contributed by atoms with E-state index < -0.39 is 0 Å². The van der Waals surface area contributed by atoms with E-state index in [1.807, 2.05) is 12.3 Å². The lowest BCUT2D eigenvalue weighted by atomic mass is 9.64. The van der Waals surface area contributed by atoms with Crippen molar-refractivity contribution in [3.8, 4) is 11.1 Å². The lowest BCUT2D eigenvalue weighted by Crippen LogP contribution is -2.42. The Morgan fingerprint density at radius 3 is 2.63 bits per heavy atom. The molecule has 1 aromatic heterocycles. The molecular formula is C28H30N2. The van der Waals surface area contributed by atoms with Crippen molar-refractivity contribution in [2.24, 2.45) is 5.41 Å². The number of rotatable bonds is 3. The number of para-hydroxylation sites is 1. The molecule has 2 aliphatic rings. The number of piperidine rings is 1. The molecule has 2 heterocycles. The van der Waals surface area contributed by atoms with Gasteiger partial charge in [0.25, 0.3) is 0 Å². The zero-order chi connectivity index (χ0) is 20.7. The second-order valence-corrected chi connectivity index (χ2v) is 9.15. The average molecular weight is 395 g/mol. The Labute approximate surface area is 180 Å². The highest BCUT2D eigenvalue weighted by Gasteiger charge is 2.39. The fourth-order valence-corrected chi connectivity index (χ4v) is 5.36. The van der Waals surface area contributed by atoms with Crippen molar-refractivity contribution in [3.05, 3.63) is 84.7 Å². The van der Waals surface area contributed by atoms with Crippen LogP contribution in [0.25, 0.3) is 27.6 Å². The van der Waals surface area contributed by atoms with E-state index >= 15 is 0 Å². The van der Waals surface area contributed by atoms with Crippen LogP contribution in [-0.2, 0) is 6.42 Å². The summed E-state index contributed by atoms with van der Waals surface area (Å²) in [5.74, 6) is 0. The van der Waals surface area contributed by atoms with Gasteiger partial charge in [0.1, 0.15) is 0 Å². The first-order valence-electron chi connectivity index (χ1n) is 11.2. The van der Waals surface area contributed by atoms with E-state index in [-0.39, 0.29) is 0 Å². The van der Waals surface area contributed by atoms with Gasteiger partial charge in [-0.25, -0.2) is 0 Å². The summed E-state index contributed by atoms with van der Waals surface area (Å²) in [5, 5.41) is 1.19. The minimum atomic E-state index is 0.376. The molecule has 0 unspecified atom stereocenters. The fraction of sp³-hybridized carbons (Fsp3) is 0.321. The van der Waals surface area contributed by atoms with Gasteiger partial charge in [0.05, 0.1) is 5.52 Å². The van der Waals surface area contributed by atoms with Gasteiger partial charge >= 0.3 is 0 Å². The number of allylic oxidation sites excluding steroid dienone is 2. The molecule has 1 fully saturated rings. The van der Waals surface area contributed by atoms with E-state index in [1.54, 1.807) is 0 Å². The van der Waals surface area contributed by atoms with Gasteiger partial charge in [-0.15, -0.1) is 0 Å². The highest BCUT2D eigenvalue weighted by molar-refractivity contribution is 5.84. The zero-order valence-electron chi connectivity index (χ0n) is 18.0. The SMILES string of the molecule is C=C1CC2(CCN(C(=C)CC)CC2)Cc2ccc(-c3cnc4ccccc4c3)cc21. The standard InChI is InChI=1S/C28H30N2/c1-4-21(3)30-13-11-28(12-14-30)17-20(2)26-16-22(9-10-24(26)18-28)25-15-23-7-5-6-8-27(23)29-19-25/h5-10,15-16,19H,2-4,11-14,17-18H2,1H3. The van der Waals surface area contributed by atoms with Gasteiger partial charge in [0.15, 0.2) is 0 Å². The highest BCUT2D eigenvalue weighted by Crippen LogP contribution is 2.48. The molecule has 1 saturated heterocycles. The summed E-state index contributed by atoms with van der Waals surface area (Å²) in [7, 11) is 0. The molecule has 30 heavy (non-hydrogen) atoms. The van der Waals surface area contributed by atoms with Crippen LogP contribution in [0.3, 0.4) is 0 Å². The predicted octanol–water partition coefficient (Wildman–Crippen LogP) is 6.87. The van der Waals surface area contributed by atoms with Crippen molar-refractivity contribution in [2.75, 3.05) is 13.1 Å². The molecule has 5 rings (SSSR count). The summed E-state index contributed by atoms with van der Waals surface area (Å²) < 4.78 is 0. The van der Waals surface area contributed by atoms with Gasteiger partial charge in [-0.05, 0) is 78.0 Å². The van der Waals surface area contributed by atoms with Gasteiger partial charge in [0, 0.05) is 35.9 Å². The van der Waals surface area contributed by atoms with Crippen LogP contribution in [-0.4, -0.2) is 23.0 Å². The summed E-state index contributed by atoms with van der Waals surface area (Å²) in [6, 6.07) is 17.5. The average Bonchev–Trinajstić information content (AvgIpc) is 2.78. The van der Waals surface area contributed by atoms with Crippen molar-refractivity contribution >= 4 is 16.5 Å². The Hall–Kier alpha value is -2.87. The summed E-state index contributed by atoms with van der Waals surface area (Å²) in [6.07, 6.45) is 7.81. The topological polar surface area (TPSA) is 16.1 Å². The third-order valence-electron chi connectivity index (χ3n) is 7.25. The van der Waals surface area contributed by atoms with E-state index in [0.717, 1.165) is 31.4 Å². The summed E-state index contributed by atoms with van der Waals surface area (Å²) >= 11 is 0. The van der Waals surface area contributed by atoms with Gasteiger partial charge < -0.3 is 4.90 Å². The fourth-order valence-electron chi connectivity index (χ4n) is 5.36. The number of likely N-dealkylation sites (tertiary alicyclic amines) is 1. The van der Waals surface area contributed by atoms with Crippen molar-refractivity contribution in [1.29, 1.82) is 0 Å². The van der Waals surface area contributed by atoms with Gasteiger partial charge in [-0.3, -0.25) is 4.98 Å². The molecule has 0 bridgehead atoms. The Bertz CT molecular complexity index is 1130. The van der Waals surface area contributed by atoms with Gasteiger partial charge in [0.2, 0.25) is 0 Å². The summed E-state index contributed by atoms with van der Waals surface area (Å²) in [4.78, 5) is 7.14. The lowest BCUT2D eigenvalue weighted by Gasteiger charge is -2.46. The molecule has 2 aromatic carbocycles. The van der Waals surface area contributed by atoms with Crippen molar-refractivity contribution in [1.82, 2.24) is 9.88 Å². The molecule has 1 aliphatic heterocycles. The molecule has 1 aliphatic carbocycles. The van der Waals surface area contributed by atoms with Gasteiger partial charge in [-0.1, -0.05) is 50.4 Å². The van der Waals surface area contributed by atoms with Crippen molar-refractivity contribution in [2.45, 2.75) is 39.0 Å². The number of hydrogen-bond acceptors (Lipinski definition) is 2. The van der Waals surface area contributed by atoms with Crippen LogP contribution in [0, 0.1) is 5.41 Å². The molecule has 2 heteroatoms. The Kier molecular flexibility index (Phi) is 4.73. The summed E-state index contributed by atoms with van der Waals surface area (Å²) in [5.41, 5.74) is 9.24. The maximum absolute atomic E-state index is 4.65. The van der Waals surface area contributed by atoms with E-state index in [1.165, 1.54) is 58.2 Å². The Morgan fingerprint density at radius 1 is 1.03 bits per heavy atom. The van der Waals surface area contributed by atoms with E-state index in [2.05, 4.69) is 72.4 Å². The van der Waals surface area contributed by atoms with Crippen LogP contribution in [0.5, 0.6) is 0 Å². The third kappa shape index (κ3) is 3.35. The number of pyridine rings is 1. The Balaban J connectivity index is 1.41. The van der Waals surface area contributed by atoms with Crippen LogP contribution in [0.1, 0.15) is 43.7 Å². The monoisotopic (exact) mass is 394 g/mol. The first-order chi connectivity index (χ1) is 14.6. The maximum atomic E-state index is 4.65. The van der Waals surface area contributed by atoms with Crippen LogP contribution < -0.4 is 0 Å². The molecule has 1 spiro atoms. The molecule has 0 saturated carbocycles. The smallest absolute Gasteiger partial charge is 0.0702 e. The molecule has 0 amide bonds. The zero-order valence-corrected chi connectivity index (χ0v) is 18.0. The normalized spacial score (nSPS) is 17.9. The quantitative estimate of drug-likeness (QED) is 0.482. The second-order valence-electron chi connectivity index (χ2n) is 9.15. The number of fused-ring (bicyclic) bond motifs is 2. The van der Waals surface area contributed by atoms with E-state index in [4.69, 9.17) is 0 Å². The minimum Gasteiger partial charge on any atom is -0.375 e. The maximum Gasteiger partial charge on any atom is 0.0702 e. The van der Waals surface area contributed by atoms with E-state index in [0.29, 0.717) is 5.41 Å². The molecule has 0 N–H and O–H groups in total. The van der Waals surface area contributed by atoms with Gasteiger partial charge in [-0.2, -0.15) is 0 Å². The van der Waals surface area contributed by atoms with Crippen LogP contribution >= 0.6 is 0 Å². The van der Waals surface area contributed by atoms with Crippen molar-refractivity contribution < 1.29 is 0 Å². The lowest BCUT2D eigenvalue weighted by molar-refractivity contribution is 0.126. The first kappa shape index (κ1) is 19.1. The third-order valence-corrected chi connectivity index (χ3v) is 7.25. The summed E-state index contributed by atoms with van der Waals surface area (Å²) in [6.45, 7) is 13.2. The molecule has 0 atom stereocenters. The molecule has 0 radical (unpaired) electrons. The largest absolute Gasteiger partial charge is 0.375 e. The van der Waals surface area contributed by atoms with E-state index in [9.17, 15) is 0 Å². The molecular weight excluding hydrogens is 364 g/mol. The predicted molar refractivity (Wildman–Crippen MR) is 127 cm³/mol. The Morgan fingerprint density at radius 2 is 1.83 bits per heavy atom. The second kappa shape index (κ2) is 7.43. The van der Waals surface area contributed by atoms with Crippen LogP contribution in [0.4, 0.5) is 0 Å². The highest BCUT2D eigenvalue weighted by atomic mass is 15.1.